The van der Waals surface area contributed by atoms with E-state index >= 15 is 0 Å². The zero-order chi connectivity index (χ0) is 18.7. The molecule has 2 unspecified atom stereocenters. The minimum Gasteiger partial charge on any atom is -0.367 e. The van der Waals surface area contributed by atoms with Crippen LogP contribution in [0.5, 0.6) is 0 Å². The number of nitrogens with two attached hydrogens (primary N) is 1. The molecule has 2 N–H and O–H groups in total. The number of nitrogens with zero attached hydrogens (tertiary/aromatic N) is 2. The number of Topliss-reactive ketones (excluding diaryl/α,β-unsaturated/α-hetero) is 1. The molecule has 1 aromatic carbocycles. The predicted molar refractivity (Wildman–Crippen MR) is 87.9 cm³/mol. The Morgan fingerprint density at radius 3 is 2.28 bits per heavy atom. The van der Waals surface area contributed by atoms with Gasteiger partial charge in [-0.05, 0) is 5.56 Å². The number of benzene rings is 1. The fourth-order valence-corrected chi connectivity index (χ4v) is 2.69. The summed E-state index contributed by atoms with van der Waals surface area (Å²) < 4.78 is 5.13. The molecular weight excluding hydrogens is 326 g/mol. The fourth-order valence-electron chi connectivity index (χ4n) is 2.69. The summed E-state index contributed by atoms with van der Waals surface area (Å²) in [5.41, 5.74) is 6.08. The first-order valence-electron chi connectivity index (χ1n) is 7.83. The molecule has 0 bridgehead atoms. The number of methoxy groups -OCH3 is 1. The number of amides is 4. The molecule has 1 aliphatic rings. The molecule has 0 aromatic heterocycles. The highest BCUT2D eigenvalue weighted by atomic mass is 16.5. The number of primary amides is 1. The highest BCUT2D eigenvalue weighted by Gasteiger charge is 2.52. The van der Waals surface area contributed by atoms with Crippen LogP contribution in [0.3, 0.4) is 0 Å². The van der Waals surface area contributed by atoms with Crippen LogP contribution in [-0.4, -0.2) is 52.8 Å². The van der Waals surface area contributed by atoms with Gasteiger partial charge in [0.2, 0.25) is 12.1 Å². The highest BCUT2D eigenvalue weighted by Crippen LogP contribution is 2.24. The quantitative estimate of drug-likeness (QED) is 0.570. The summed E-state index contributed by atoms with van der Waals surface area (Å²) in [7, 11) is 1.28. The number of urea groups is 1. The van der Waals surface area contributed by atoms with E-state index in [-0.39, 0.29) is 6.54 Å². The molecule has 0 spiro atoms. The molecule has 1 fully saturated rings. The van der Waals surface area contributed by atoms with Crippen molar-refractivity contribution in [3.05, 3.63) is 35.9 Å². The van der Waals surface area contributed by atoms with Crippen molar-refractivity contribution in [2.45, 2.75) is 32.7 Å². The van der Waals surface area contributed by atoms with E-state index < -0.39 is 41.8 Å². The summed E-state index contributed by atoms with van der Waals surface area (Å²) >= 11 is 0. The normalized spacial score (nSPS) is 18.8. The summed E-state index contributed by atoms with van der Waals surface area (Å²) in [6.45, 7) is 3.24. The first-order chi connectivity index (χ1) is 11.8. The van der Waals surface area contributed by atoms with Gasteiger partial charge < -0.3 is 10.5 Å². The standard InChI is InChI=1S/C17H21N3O5/c1-10(2)13(21)12(14(18)22)20-15(23)16(25-3)19(17(20)24)9-11-7-5-4-6-8-11/h4-8,10,12,16H,9H2,1-3H3,(H2,18,22). The molecule has 1 saturated heterocycles. The molecule has 0 aliphatic carbocycles. The van der Waals surface area contributed by atoms with Gasteiger partial charge >= 0.3 is 6.03 Å². The number of carbonyl (C=O) groups excluding carboxylic acids is 4. The second-order valence-electron chi connectivity index (χ2n) is 6.05. The maximum absolute atomic E-state index is 12.8. The van der Waals surface area contributed by atoms with Crippen molar-refractivity contribution in [2.24, 2.45) is 11.7 Å². The average Bonchev–Trinajstić information content (AvgIpc) is 2.79. The first kappa shape index (κ1) is 18.6. The third-order valence-corrected chi connectivity index (χ3v) is 3.97. The number of rotatable bonds is 7. The number of ketones is 1. The lowest BCUT2D eigenvalue weighted by atomic mass is 10.00. The zero-order valence-electron chi connectivity index (χ0n) is 14.3. The lowest BCUT2D eigenvalue weighted by Crippen LogP contribution is -2.54. The second kappa shape index (κ2) is 7.43. The topological polar surface area (TPSA) is 110 Å². The molecule has 1 heterocycles. The van der Waals surface area contributed by atoms with Crippen molar-refractivity contribution in [3.8, 4) is 0 Å². The summed E-state index contributed by atoms with van der Waals surface area (Å²) in [6, 6.07) is 6.58. The smallest absolute Gasteiger partial charge is 0.330 e. The molecule has 8 heteroatoms. The van der Waals surface area contributed by atoms with E-state index in [4.69, 9.17) is 10.5 Å². The van der Waals surface area contributed by atoms with Gasteiger partial charge in [-0.3, -0.25) is 19.3 Å². The van der Waals surface area contributed by atoms with Crippen LogP contribution in [0.25, 0.3) is 0 Å². The SMILES string of the molecule is COC1C(=O)N(C(C(N)=O)C(=O)C(C)C)C(=O)N1Cc1ccccc1. The number of hydrogen-bond donors (Lipinski definition) is 1. The molecule has 8 nitrogen and oxygen atoms in total. The number of hydrogen-bond acceptors (Lipinski definition) is 5. The first-order valence-corrected chi connectivity index (χ1v) is 7.83. The summed E-state index contributed by atoms with van der Waals surface area (Å²) in [5, 5.41) is 0. The summed E-state index contributed by atoms with van der Waals surface area (Å²) in [6.07, 6.45) is -1.21. The lowest BCUT2D eigenvalue weighted by Gasteiger charge is -2.23. The molecule has 1 aliphatic heterocycles. The van der Waals surface area contributed by atoms with E-state index in [9.17, 15) is 19.2 Å². The van der Waals surface area contributed by atoms with Gasteiger partial charge in [0.25, 0.3) is 5.91 Å². The van der Waals surface area contributed by atoms with Crippen molar-refractivity contribution in [1.82, 2.24) is 9.80 Å². The second-order valence-corrected chi connectivity index (χ2v) is 6.05. The maximum Gasteiger partial charge on any atom is 0.330 e. The largest absolute Gasteiger partial charge is 0.367 e. The number of imide groups is 1. The molecule has 2 rings (SSSR count). The van der Waals surface area contributed by atoms with Gasteiger partial charge in [0.05, 0.1) is 6.54 Å². The Morgan fingerprint density at radius 1 is 1.20 bits per heavy atom. The molecule has 1 aromatic rings. The molecule has 4 amide bonds. The minimum absolute atomic E-state index is 0.0990. The molecule has 2 atom stereocenters. The average molecular weight is 347 g/mol. The van der Waals surface area contributed by atoms with E-state index in [0.29, 0.717) is 4.90 Å². The zero-order valence-corrected chi connectivity index (χ0v) is 14.3. The number of carbonyl (C=O) groups is 4. The van der Waals surface area contributed by atoms with Crippen LogP contribution >= 0.6 is 0 Å². The van der Waals surface area contributed by atoms with Crippen LogP contribution in [-0.2, 0) is 25.7 Å². The van der Waals surface area contributed by atoms with Crippen molar-refractivity contribution < 1.29 is 23.9 Å². The Bertz CT molecular complexity index is 689. The molecular formula is C17H21N3O5. The van der Waals surface area contributed by atoms with Gasteiger partial charge in [0.1, 0.15) is 0 Å². The Hall–Kier alpha value is -2.74. The Kier molecular flexibility index (Phi) is 5.53. The van der Waals surface area contributed by atoms with Gasteiger partial charge in [-0.25, -0.2) is 9.69 Å². The van der Waals surface area contributed by atoms with Crippen molar-refractivity contribution >= 4 is 23.6 Å². The maximum atomic E-state index is 12.8. The van der Waals surface area contributed by atoms with Crippen LogP contribution < -0.4 is 5.73 Å². The summed E-state index contributed by atoms with van der Waals surface area (Å²) in [5.74, 6) is -2.98. The van der Waals surface area contributed by atoms with Crippen LogP contribution in [0.1, 0.15) is 19.4 Å². The van der Waals surface area contributed by atoms with E-state index in [1.165, 1.54) is 12.0 Å². The Labute approximate surface area is 145 Å². The van der Waals surface area contributed by atoms with Crippen molar-refractivity contribution in [1.29, 1.82) is 0 Å². The monoisotopic (exact) mass is 347 g/mol. The van der Waals surface area contributed by atoms with Crippen LogP contribution in [0, 0.1) is 5.92 Å². The van der Waals surface area contributed by atoms with E-state index in [2.05, 4.69) is 0 Å². The van der Waals surface area contributed by atoms with E-state index in [1.807, 2.05) is 6.07 Å². The van der Waals surface area contributed by atoms with Gasteiger partial charge in [0, 0.05) is 13.0 Å². The summed E-state index contributed by atoms with van der Waals surface area (Å²) in [4.78, 5) is 51.2. The van der Waals surface area contributed by atoms with Gasteiger partial charge in [0.15, 0.2) is 11.8 Å². The lowest BCUT2D eigenvalue weighted by molar-refractivity contribution is -0.147. The minimum atomic E-state index is -1.64. The third-order valence-electron chi connectivity index (χ3n) is 3.97. The van der Waals surface area contributed by atoms with E-state index in [0.717, 1.165) is 5.56 Å². The fraction of sp³-hybridized carbons (Fsp3) is 0.412. The van der Waals surface area contributed by atoms with E-state index in [1.54, 1.807) is 38.1 Å². The predicted octanol–water partition coefficient (Wildman–Crippen LogP) is 0.502. The van der Waals surface area contributed by atoms with Gasteiger partial charge in [-0.1, -0.05) is 44.2 Å². The third kappa shape index (κ3) is 3.53. The van der Waals surface area contributed by atoms with Crippen LogP contribution in [0.2, 0.25) is 0 Å². The van der Waals surface area contributed by atoms with Gasteiger partial charge in [-0.15, -0.1) is 0 Å². The molecule has 0 radical (unpaired) electrons. The highest BCUT2D eigenvalue weighted by molar-refractivity contribution is 6.15. The molecule has 134 valence electrons. The van der Waals surface area contributed by atoms with Crippen LogP contribution in [0.15, 0.2) is 30.3 Å². The van der Waals surface area contributed by atoms with Crippen molar-refractivity contribution in [2.75, 3.05) is 7.11 Å². The Balaban J connectivity index is 2.36. The molecule has 25 heavy (non-hydrogen) atoms. The molecule has 0 saturated carbocycles. The van der Waals surface area contributed by atoms with Crippen LogP contribution in [0.4, 0.5) is 4.79 Å². The van der Waals surface area contributed by atoms with Crippen molar-refractivity contribution in [3.63, 3.8) is 0 Å². The van der Waals surface area contributed by atoms with Gasteiger partial charge in [-0.2, -0.15) is 0 Å². The Morgan fingerprint density at radius 2 is 1.80 bits per heavy atom. The number of ether oxygens (including phenoxy) is 1.